The Morgan fingerprint density at radius 3 is 2.83 bits per heavy atom. The van der Waals surface area contributed by atoms with Crippen molar-refractivity contribution in [2.24, 2.45) is 25.9 Å². The lowest BCUT2D eigenvalue weighted by atomic mass is 10.1. The van der Waals surface area contributed by atoms with Crippen LogP contribution in [0.3, 0.4) is 0 Å². The van der Waals surface area contributed by atoms with Crippen molar-refractivity contribution in [3.63, 3.8) is 0 Å². The third kappa shape index (κ3) is 3.11. The van der Waals surface area contributed by atoms with Crippen LogP contribution < -0.4 is 15.6 Å². The summed E-state index contributed by atoms with van der Waals surface area (Å²) < 4.78 is 8.86. The molecule has 0 saturated heterocycles. The first-order chi connectivity index (χ1) is 11.0. The Bertz CT molecular complexity index is 757. The fourth-order valence-corrected chi connectivity index (χ4v) is 2.97. The lowest BCUT2D eigenvalue weighted by Crippen LogP contribution is -2.24. The average molecular weight is 313 g/mol. The Hall–Kier alpha value is -2.25. The van der Waals surface area contributed by atoms with Gasteiger partial charge in [0.2, 0.25) is 5.88 Å². The van der Waals surface area contributed by atoms with Gasteiger partial charge in [0.25, 0.3) is 5.56 Å². The van der Waals surface area contributed by atoms with Gasteiger partial charge in [-0.2, -0.15) is 5.10 Å². The highest BCUT2D eigenvalue weighted by Crippen LogP contribution is 2.53. The van der Waals surface area contributed by atoms with E-state index >= 15 is 0 Å². The van der Waals surface area contributed by atoms with Crippen LogP contribution >= 0.6 is 0 Å². The normalized spacial score (nSPS) is 22.8. The molecule has 3 atom stereocenters. The van der Waals surface area contributed by atoms with Crippen molar-refractivity contribution in [3.8, 4) is 5.88 Å². The van der Waals surface area contributed by atoms with E-state index in [-0.39, 0.29) is 12.0 Å². The third-order valence-corrected chi connectivity index (χ3v) is 4.39. The van der Waals surface area contributed by atoms with Crippen LogP contribution in [-0.4, -0.2) is 40.5 Å². The molecule has 0 bridgehead atoms. The predicted molar refractivity (Wildman–Crippen MR) is 87.8 cm³/mol. The molecule has 2 radical (unpaired) electrons. The molecule has 2 heterocycles. The number of aromatic nitrogens is 4. The first-order valence-corrected chi connectivity index (χ1v) is 7.66. The molecule has 1 aliphatic carbocycles. The van der Waals surface area contributed by atoms with E-state index in [9.17, 15) is 4.79 Å². The largest absolute Gasteiger partial charge is 0.476 e. The van der Waals surface area contributed by atoms with Gasteiger partial charge in [-0.3, -0.25) is 9.48 Å². The lowest BCUT2D eigenvalue weighted by molar-refractivity contribution is 0.273. The van der Waals surface area contributed by atoms with Gasteiger partial charge in [-0.15, -0.1) is 5.10 Å². The molecule has 23 heavy (non-hydrogen) atoms. The Kier molecular flexibility index (Phi) is 4.15. The monoisotopic (exact) mass is 313 g/mol. The van der Waals surface area contributed by atoms with Crippen molar-refractivity contribution >= 4 is 13.5 Å². The maximum Gasteiger partial charge on any atom is 0.290 e. The van der Waals surface area contributed by atoms with Crippen LogP contribution in [0.2, 0.25) is 0 Å². The van der Waals surface area contributed by atoms with Crippen LogP contribution in [-0.2, 0) is 14.1 Å². The average Bonchev–Trinajstić information content (AvgIpc) is 2.94. The van der Waals surface area contributed by atoms with Crippen LogP contribution in [0.4, 0.5) is 5.69 Å². The summed E-state index contributed by atoms with van der Waals surface area (Å²) >= 11 is 0. The van der Waals surface area contributed by atoms with Gasteiger partial charge in [-0.05, 0) is 18.4 Å². The highest BCUT2D eigenvalue weighted by molar-refractivity contribution is 6.10. The highest BCUT2D eigenvalue weighted by Gasteiger charge is 2.49. The number of nitrogens with one attached hydrogen (secondary N) is 1. The molecule has 3 unspecified atom stereocenters. The fraction of sp³-hybridized carbons (Fsp3) is 0.533. The van der Waals surface area contributed by atoms with Gasteiger partial charge in [0.05, 0.1) is 20.1 Å². The maximum absolute atomic E-state index is 11.9. The first-order valence-electron chi connectivity index (χ1n) is 7.66. The van der Waals surface area contributed by atoms with E-state index in [1.165, 1.54) is 4.68 Å². The third-order valence-electron chi connectivity index (χ3n) is 4.39. The first kappa shape index (κ1) is 15.6. The zero-order valence-corrected chi connectivity index (χ0v) is 13.6. The number of anilines is 1. The van der Waals surface area contributed by atoms with E-state index in [2.05, 4.69) is 28.5 Å². The van der Waals surface area contributed by atoms with Crippen LogP contribution in [0.5, 0.6) is 5.88 Å². The van der Waals surface area contributed by atoms with E-state index in [4.69, 9.17) is 12.6 Å². The summed E-state index contributed by atoms with van der Waals surface area (Å²) in [5.41, 5.74) is 1.27. The molecule has 0 amide bonds. The Labute approximate surface area is 136 Å². The van der Waals surface area contributed by atoms with Gasteiger partial charge in [-0.25, -0.2) is 4.68 Å². The molecule has 7 nitrogen and oxygen atoms in total. The SMILES string of the molecule is [B]CNc1cc(OCC2C(C)C2c2ccn(C)n2)nn(C)c1=O. The summed E-state index contributed by atoms with van der Waals surface area (Å²) in [4.78, 5) is 11.9. The van der Waals surface area contributed by atoms with Crippen LogP contribution in [0.1, 0.15) is 18.5 Å². The second kappa shape index (κ2) is 6.10. The highest BCUT2D eigenvalue weighted by atomic mass is 16.5. The number of rotatable bonds is 6. The number of hydrogen-bond donors (Lipinski definition) is 1. The zero-order chi connectivity index (χ0) is 16.6. The van der Waals surface area contributed by atoms with Crippen molar-refractivity contribution in [3.05, 3.63) is 34.4 Å². The van der Waals surface area contributed by atoms with Gasteiger partial charge in [0, 0.05) is 38.2 Å². The topological polar surface area (TPSA) is 74.0 Å². The second-order valence-corrected chi connectivity index (χ2v) is 5.98. The molecule has 1 aliphatic rings. The number of nitrogens with zero attached hydrogens (tertiary/aromatic N) is 4. The Balaban J connectivity index is 1.66. The standard InChI is InChI=1S/C15H20BN5O2/c1-9-10(14(9)11-4-5-20(2)18-11)7-23-13-6-12(17-8-16)15(22)21(3)19-13/h4-6,9-10,14,17H,7-8H2,1-3H3. The molecule has 1 fully saturated rings. The molecule has 2 aromatic heterocycles. The summed E-state index contributed by atoms with van der Waals surface area (Å²) in [7, 11) is 8.94. The Morgan fingerprint density at radius 1 is 1.39 bits per heavy atom. The molecule has 2 aromatic rings. The maximum atomic E-state index is 11.9. The van der Waals surface area contributed by atoms with Crippen molar-refractivity contribution < 1.29 is 4.74 Å². The van der Waals surface area contributed by atoms with E-state index in [1.54, 1.807) is 13.1 Å². The van der Waals surface area contributed by atoms with Crippen LogP contribution in [0, 0.1) is 11.8 Å². The minimum absolute atomic E-state index is 0.181. The number of hydrogen-bond acceptors (Lipinski definition) is 5. The quantitative estimate of drug-likeness (QED) is 0.785. The molecule has 3 rings (SSSR count). The van der Waals surface area contributed by atoms with E-state index in [0.29, 0.717) is 35.9 Å². The number of ether oxygens (including phenoxy) is 1. The summed E-state index contributed by atoms with van der Waals surface area (Å²) in [6, 6.07) is 3.65. The van der Waals surface area contributed by atoms with E-state index in [0.717, 1.165) is 5.69 Å². The van der Waals surface area contributed by atoms with Crippen molar-refractivity contribution in [1.82, 2.24) is 19.6 Å². The van der Waals surface area contributed by atoms with Gasteiger partial charge in [0.15, 0.2) is 0 Å². The second-order valence-electron chi connectivity index (χ2n) is 5.98. The molecule has 1 N–H and O–H groups in total. The molecular formula is C15H20BN5O2. The van der Waals surface area contributed by atoms with Crippen LogP contribution in [0.15, 0.2) is 23.1 Å². The van der Waals surface area contributed by atoms with Crippen LogP contribution in [0.25, 0.3) is 0 Å². The molecule has 120 valence electrons. The van der Waals surface area contributed by atoms with Crippen molar-refractivity contribution in [1.29, 1.82) is 0 Å². The summed E-state index contributed by atoms with van der Waals surface area (Å²) in [5.74, 6) is 1.78. The molecular weight excluding hydrogens is 293 g/mol. The summed E-state index contributed by atoms with van der Waals surface area (Å²) in [5, 5.41) is 11.4. The van der Waals surface area contributed by atoms with Gasteiger partial charge in [-0.1, -0.05) is 6.92 Å². The van der Waals surface area contributed by atoms with E-state index < -0.39 is 0 Å². The molecule has 8 heteroatoms. The fourth-order valence-electron chi connectivity index (χ4n) is 2.97. The summed E-state index contributed by atoms with van der Waals surface area (Å²) in [6.07, 6.45) is 2.14. The number of aryl methyl sites for hydroxylation is 2. The van der Waals surface area contributed by atoms with Gasteiger partial charge >= 0.3 is 0 Å². The Morgan fingerprint density at radius 2 is 2.17 bits per heavy atom. The molecule has 0 spiro atoms. The van der Waals surface area contributed by atoms with E-state index in [1.807, 2.05) is 17.9 Å². The zero-order valence-electron chi connectivity index (χ0n) is 13.6. The van der Waals surface area contributed by atoms with Gasteiger partial charge < -0.3 is 10.1 Å². The van der Waals surface area contributed by atoms with Crippen molar-refractivity contribution in [2.45, 2.75) is 12.8 Å². The van der Waals surface area contributed by atoms with Crippen molar-refractivity contribution in [2.75, 3.05) is 18.4 Å². The molecule has 1 saturated carbocycles. The minimum atomic E-state index is -0.228. The smallest absolute Gasteiger partial charge is 0.290 e. The van der Waals surface area contributed by atoms with Gasteiger partial charge in [0.1, 0.15) is 5.69 Å². The predicted octanol–water partition coefficient (Wildman–Crippen LogP) is 0.480. The summed E-state index contributed by atoms with van der Waals surface area (Å²) in [6.45, 7) is 2.75. The molecule has 0 aromatic carbocycles. The minimum Gasteiger partial charge on any atom is -0.476 e. The molecule has 0 aliphatic heterocycles. The lowest BCUT2D eigenvalue weighted by Gasteiger charge is -2.09.